The average molecular weight is 359 g/mol. The number of hydrogen-bond donors (Lipinski definition) is 0. The van der Waals surface area contributed by atoms with Gasteiger partial charge >= 0.3 is 6.09 Å². The van der Waals surface area contributed by atoms with Crippen molar-refractivity contribution >= 4 is 12.0 Å². The molecule has 2 amide bonds. The number of imide groups is 1. The molecule has 3 rings (SSSR count). The van der Waals surface area contributed by atoms with Gasteiger partial charge in [0.2, 0.25) is 5.91 Å². The first-order valence-electron chi connectivity index (χ1n) is 8.51. The Kier molecular flexibility index (Phi) is 5.61. The molecule has 1 saturated heterocycles. The van der Waals surface area contributed by atoms with Crippen molar-refractivity contribution in [3.63, 3.8) is 0 Å². The van der Waals surface area contributed by atoms with Crippen molar-refractivity contribution in [2.75, 3.05) is 6.61 Å². The Morgan fingerprint density at radius 2 is 1.92 bits per heavy atom. The predicted octanol–water partition coefficient (Wildman–Crippen LogP) is 3.88. The van der Waals surface area contributed by atoms with Crippen LogP contribution in [0.1, 0.15) is 24.0 Å². The zero-order valence-electron chi connectivity index (χ0n) is 14.2. The van der Waals surface area contributed by atoms with Crippen molar-refractivity contribution in [2.45, 2.75) is 31.7 Å². The lowest BCUT2D eigenvalue weighted by Crippen LogP contribution is -2.40. The summed E-state index contributed by atoms with van der Waals surface area (Å²) in [4.78, 5) is 25.5. The summed E-state index contributed by atoms with van der Waals surface area (Å²) in [6.45, 7) is 0.173. The van der Waals surface area contributed by atoms with Crippen LogP contribution in [0.5, 0.6) is 0 Å². The minimum absolute atomic E-state index is 0.0945. The van der Waals surface area contributed by atoms with E-state index in [1.165, 1.54) is 12.1 Å². The van der Waals surface area contributed by atoms with Crippen molar-refractivity contribution in [1.29, 1.82) is 0 Å². The molecule has 0 unspecified atom stereocenters. The molecule has 4 nitrogen and oxygen atoms in total. The second-order valence-electron chi connectivity index (χ2n) is 6.27. The van der Waals surface area contributed by atoms with Crippen LogP contribution < -0.4 is 0 Å². The first kappa shape index (κ1) is 18.0. The molecule has 0 aliphatic carbocycles. The lowest BCUT2D eigenvalue weighted by molar-refractivity contribution is -0.129. The zero-order chi connectivity index (χ0) is 18.5. The van der Waals surface area contributed by atoms with Gasteiger partial charge in [0.1, 0.15) is 18.2 Å². The van der Waals surface area contributed by atoms with Crippen molar-refractivity contribution in [1.82, 2.24) is 4.90 Å². The topological polar surface area (TPSA) is 46.6 Å². The SMILES string of the molecule is O=C(CCCc1ccc(F)cc1F)N1C(=O)OC[C@H]1Cc1ccccc1. The van der Waals surface area contributed by atoms with Crippen LogP contribution in [-0.4, -0.2) is 29.5 Å². The summed E-state index contributed by atoms with van der Waals surface area (Å²) in [7, 11) is 0. The lowest BCUT2D eigenvalue weighted by atomic mass is 10.0. The van der Waals surface area contributed by atoms with E-state index in [4.69, 9.17) is 4.74 Å². The molecule has 6 heteroatoms. The van der Waals surface area contributed by atoms with Crippen LogP contribution in [-0.2, 0) is 22.4 Å². The van der Waals surface area contributed by atoms with Crippen LogP contribution in [0.4, 0.5) is 13.6 Å². The van der Waals surface area contributed by atoms with Crippen LogP contribution in [0.15, 0.2) is 48.5 Å². The standard InChI is InChI=1S/C20H19F2NO3/c21-16-10-9-15(18(22)12-16)7-4-8-19(24)23-17(13-26-20(23)25)11-14-5-2-1-3-6-14/h1-3,5-6,9-10,12,17H,4,7-8,11,13H2/t17-/m1/s1. The number of ether oxygens (including phenoxy) is 1. The first-order chi connectivity index (χ1) is 12.5. The van der Waals surface area contributed by atoms with Gasteiger partial charge in [-0.25, -0.2) is 18.5 Å². The molecule has 1 fully saturated rings. The molecule has 0 spiro atoms. The van der Waals surface area contributed by atoms with Crippen LogP contribution in [0.3, 0.4) is 0 Å². The third-order valence-corrected chi connectivity index (χ3v) is 4.40. The molecule has 2 aromatic carbocycles. The van der Waals surface area contributed by atoms with E-state index in [0.717, 1.165) is 16.5 Å². The minimum Gasteiger partial charge on any atom is -0.447 e. The fraction of sp³-hybridized carbons (Fsp3) is 0.300. The summed E-state index contributed by atoms with van der Waals surface area (Å²) in [5.41, 5.74) is 1.37. The second kappa shape index (κ2) is 8.08. The molecule has 0 aromatic heterocycles. The summed E-state index contributed by atoms with van der Waals surface area (Å²) >= 11 is 0. The quantitative estimate of drug-likeness (QED) is 0.786. The number of nitrogens with zero attached hydrogens (tertiary/aromatic N) is 1. The Labute approximate surface area is 150 Å². The maximum atomic E-state index is 13.6. The molecule has 1 aliphatic heterocycles. The van der Waals surface area contributed by atoms with Crippen molar-refractivity contribution in [3.8, 4) is 0 Å². The van der Waals surface area contributed by atoms with Crippen LogP contribution in [0, 0.1) is 11.6 Å². The molecule has 1 atom stereocenters. The summed E-state index contributed by atoms with van der Waals surface area (Å²) < 4.78 is 31.6. The molecule has 136 valence electrons. The third kappa shape index (κ3) is 4.25. The fourth-order valence-electron chi connectivity index (χ4n) is 3.08. The number of carbonyl (C=O) groups is 2. The largest absolute Gasteiger partial charge is 0.447 e. The summed E-state index contributed by atoms with van der Waals surface area (Å²) in [5, 5.41) is 0. The maximum Gasteiger partial charge on any atom is 0.416 e. The second-order valence-corrected chi connectivity index (χ2v) is 6.27. The monoisotopic (exact) mass is 359 g/mol. The van der Waals surface area contributed by atoms with Crippen molar-refractivity contribution in [3.05, 3.63) is 71.3 Å². The molecule has 1 aliphatic rings. The number of carbonyl (C=O) groups excluding carboxylic acids is 2. The number of hydrogen-bond acceptors (Lipinski definition) is 3. The third-order valence-electron chi connectivity index (χ3n) is 4.40. The lowest BCUT2D eigenvalue weighted by Gasteiger charge is -2.19. The van der Waals surface area contributed by atoms with Gasteiger partial charge in [-0.05, 0) is 36.5 Å². The molecule has 0 N–H and O–H groups in total. The van der Waals surface area contributed by atoms with E-state index in [2.05, 4.69) is 0 Å². The molecular weight excluding hydrogens is 340 g/mol. The normalized spacial score (nSPS) is 16.6. The summed E-state index contributed by atoms with van der Waals surface area (Å²) in [6, 6.07) is 12.6. The van der Waals surface area contributed by atoms with Gasteiger partial charge in [0.15, 0.2) is 0 Å². The van der Waals surface area contributed by atoms with Gasteiger partial charge in [-0.1, -0.05) is 36.4 Å². The average Bonchev–Trinajstić information content (AvgIpc) is 2.98. The van der Waals surface area contributed by atoms with Gasteiger partial charge in [0.25, 0.3) is 0 Å². The van der Waals surface area contributed by atoms with Gasteiger partial charge in [-0.3, -0.25) is 4.79 Å². The minimum atomic E-state index is -0.635. The number of halogens is 2. The first-order valence-corrected chi connectivity index (χ1v) is 8.51. The van der Waals surface area contributed by atoms with E-state index in [0.29, 0.717) is 24.8 Å². The molecule has 26 heavy (non-hydrogen) atoms. The van der Waals surface area contributed by atoms with Crippen LogP contribution in [0.25, 0.3) is 0 Å². The summed E-state index contributed by atoms with van der Waals surface area (Å²) in [6.07, 6.45) is 0.652. The number of benzene rings is 2. The van der Waals surface area contributed by atoms with E-state index < -0.39 is 17.7 Å². The number of cyclic esters (lactones) is 1. The Bertz CT molecular complexity index is 795. The fourth-order valence-corrected chi connectivity index (χ4v) is 3.08. The van der Waals surface area contributed by atoms with E-state index in [1.54, 1.807) is 0 Å². The van der Waals surface area contributed by atoms with Crippen molar-refractivity contribution < 1.29 is 23.1 Å². The Balaban J connectivity index is 1.57. The number of rotatable bonds is 6. The van der Waals surface area contributed by atoms with Gasteiger partial charge in [-0.15, -0.1) is 0 Å². The number of aryl methyl sites for hydroxylation is 1. The van der Waals surface area contributed by atoms with Crippen LogP contribution in [0.2, 0.25) is 0 Å². The Morgan fingerprint density at radius 3 is 2.65 bits per heavy atom. The van der Waals surface area contributed by atoms with Gasteiger partial charge < -0.3 is 4.74 Å². The molecule has 2 aromatic rings. The summed E-state index contributed by atoms with van der Waals surface area (Å²) in [5.74, 6) is -1.60. The van der Waals surface area contributed by atoms with E-state index >= 15 is 0 Å². The van der Waals surface area contributed by atoms with Gasteiger partial charge in [0.05, 0.1) is 6.04 Å². The molecule has 0 bridgehead atoms. The highest BCUT2D eigenvalue weighted by Gasteiger charge is 2.37. The van der Waals surface area contributed by atoms with Crippen molar-refractivity contribution in [2.24, 2.45) is 0 Å². The maximum absolute atomic E-state index is 13.6. The molecule has 0 radical (unpaired) electrons. The molecular formula is C20H19F2NO3. The zero-order valence-corrected chi connectivity index (χ0v) is 14.2. The Morgan fingerprint density at radius 1 is 1.15 bits per heavy atom. The van der Waals surface area contributed by atoms with E-state index in [-0.39, 0.29) is 25.0 Å². The highest BCUT2D eigenvalue weighted by molar-refractivity contribution is 5.93. The van der Waals surface area contributed by atoms with Gasteiger partial charge in [0, 0.05) is 12.5 Å². The van der Waals surface area contributed by atoms with Gasteiger partial charge in [-0.2, -0.15) is 0 Å². The van der Waals surface area contributed by atoms with Crippen LogP contribution >= 0.6 is 0 Å². The Hall–Kier alpha value is -2.76. The highest BCUT2D eigenvalue weighted by Crippen LogP contribution is 2.20. The predicted molar refractivity (Wildman–Crippen MR) is 91.4 cm³/mol. The highest BCUT2D eigenvalue weighted by atomic mass is 19.1. The molecule has 0 saturated carbocycles. The number of amides is 2. The smallest absolute Gasteiger partial charge is 0.416 e. The molecule has 1 heterocycles. The van der Waals surface area contributed by atoms with E-state index in [1.807, 2.05) is 30.3 Å². The van der Waals surface area contributed by atoms with E-state index in [9.17, 15) is 18.4 Å².